The van der Waals surface area contributed by atoms with Gasteiger partial charge in [0.1, 0.15) is 11.8 Å². The molecule has 5 fully saturated rings. The summed E-state index contributed by atoms with van der Waals surface area (Å²) in [7, 11) is 5.67. The monoisotopic (exact) mass is 919 g/mol. The number of piperazine rings is 1. The minimum Gasteiger partial charge on any atom is -0.494 e. The highest BCUT2D eigenvalue weighted by Gasteiger charge is 2.46. The summed E-state index contributed by atoms with van der Waals surface area (Å²) in [5.41, 5.74) is 6.47. The highest BCUT2D eigenvalue weighted by atomic mass is 16.5. The summed E-state index contributed by atoms with van der Waals surface area (Å²) in [5, 5.41) is 9.71. The lowest BCUT2D eigenvalue weighted by molar-refractivity contribution is -0.136. The largest absolute Gasteiger partial charge is 0.494 e. The first-order valence-corrected chi connectivity index (χ1v) is 23.6. The number of benzene rings is 3. The number of rotatable bonds is 14. The number of aromatic nitrogens is 3. The molecule has 0 aliphatic carbocycles. The number of carbonyl (C=O) groups is 5. The number of carbonyl (C=O) groups excluding carboxylic acids is 5. The zero-order valence-electron chi connectivity index (χ0n) is 38.7. The van der Waals surface area contributed by atoms with Gasteiger partial charge >= 0.3 is 0 Å². The average molecular weight is 920 g/mol. The van der Waals surface area contributed by atoms with Crippen LogP contribution in [-0.4, -0.2) is 137 Å². The number of hydrogen-bond donors (Lipinski definition) is 3. The van der Waals surface area contributed by atoms with Crippen molar-refractivity contribution < 1.29 is 28.7 Å². The fourth-order valence-electron chi connectivity index (χ4n) is 10.9. The van der Waals surface area contributed by atoms with Crippen LogP contribution in [0.4, 0.5) is 28.7 Å². The van der Waals surface area contributed by atoms with Crippen molar-refractivity contribution in [1.82, 2.24) is 34.6 Å². The van der Waals surface area contributed by atoms with E-state index in [2.05, 4.69) is 70.0 Å². The third-order valence-electron chi connectivity index (χ3n) is 14.6. The third-order valence-corrected chi connectivity index (χ3v) is 14.6. The molecule has 5 saturated heterocycles. The summed E-state index contributed by atoms with van der Waals surface area (Å²) in [4.78, 5) is 84.1. The first kappa shape index (κ1) is 44.7. The fourth-order valence-corrected chi connectivity index (χ4v) is 10.9. The van der Waals surface area contributed by atoms with Crippen molar-refractivity contribution in [2.45, 2.75) is 56.7 Å². The lowest BCUT2D eigenvalue weighted by atomic mass is 9.87. The lowest BCUT2D eigenvalue weighted by Crippen LogP contribution is -2.63. The number of para-hydroxylation sites is 1. The second-order valence-electron chi connectivity index (χ2n) is 18.7. The van der Waals surface area contributed by atoms with Gasteiger partial charge in [0, 0.05) is 106 Å². The highest BCUT2D eigenvalue weighted by Crippen LogP contribution is 2.40. The van der Waals surface area contributed by atoms with Gasteiger partial charge in [-0.05, 0) is 93.6 Å². The van der Waals surface area contributed by atoms with Crippen LogP contribution in [0.2, 0.25) is 0 Å². The molecule has 6 aliphatic heterocycles. The molecule has 5 amide bonds. The van der Waals surface area contributed by atoms with Gasteiger partial charge in [-0.3, -0.25) is 39.1 Å². The third kappa shape index (κ3) is 8.55. The zero-order chi connectivity index (χ0) is 47.2. The van der Waals surface area contributed by atoms with Crippen LogP contribution in [0, 0.1) is 5.92 Å². The number of nitrogens with one attached hydrogen (secondary N) is 3. The smallest absolute Gasteiger partial charge is 0.262 e. The Kier molecular flexibility index (Phi) is 12.2. The normalized spacial score (nSPS) is 21.0. The van der Waals surface area contributed by atoms with Crippen molar-refractivity contribution in [3.05, 3.63) is 96.8 Å². The molecule has 68 heavy (non-hydrogen) atoms. The van der Waals surface area contributed by atoms with Crippen LogP contribution in [0.3, 0.4) is 0 Å². The predicted molar refractivity (Wildman–Crippen MR) is 260 cm³/mol. The molecule has 5 aromatic rings. The Morgan fingerprint density at radius 2 is 1.72 bits per heavy atom. The van der Waals surface area contributed by atoms with Crippen LogP contribution < -0.4 is 30.5 Å². The van der Waals surface area contributed by atoms with Gasteiger partial charge in [0.15, 0.2) is 0 Å². The number of fused-ring (bicyclic) bond motifs is 5. The molecule has 2 aromatic heterocycles. The number of amides is 5. The van der Waals surface area contributed by atoms with Crippen LogP contribution >= 0.6 is 0 Å². The molecule has 0 spiro atoms. The van der Waals surface area contributed by atoms with Gasteiger partial charge in [-0.2, -0.15) is 0 Å². The molecule has 3 atom stereocenters. The Morgan fingerprint density at radius 1 is 0.926 bits per heavy atom. The van der Waals surface area contributed by atoms with Crippen molar-refractivity contribution in [2.24, 2.45) is 13.0 Å². The number of nitrogens with zero attached hydrogens (tertiary/aromatic N) is 8. The molecule has 3 N–H and O–H groups in total. The number of hydrogen-bond acceptors (Lipinski definition) is 13. The van der Waals surface area contributed by atoms with E-state index in [0.29, 0.717) is 52.2 Å². The molecule has 3 aromatic carbocycles. The quantitative estimate of drug-likeness (QED) is 0.0953. The van der Waals surface area contributed by atoms with Crippen LogP contribution in [0.15, 0.2) is 85.7 Å². The van der Waals surface area contributed by atoms with Crippen molar-refractivity contribution in [3.8, 4) is 17.0 Å². The summed E-state index contributed by atoms with van der Waals surface area (Å²) in [5.74, 6) is -0.696. The van der Waals surface area contributed by atoms with Crippen LogP contribution in [0.1, 0.15) is 59.2 Å². The van der Waals surface area contributed by atoms with E-state index in [-0.39, 0.29) is 24.7 Å². The summed E-state index contributed by atoms with van der Waals surface area (Å²) < 4.78 is 7.98. The van der Waals surface area contributed by atoms with E-state index in [9.17, 15) is 24.0 Å². The van der Waals surface area contributed by atoms with Crippen molar-refractivity contribution >= 4 is 69.1 Å². The molecule has 6 aliphatic rings. The maximum Gasteiger partial charge on any atom is 0.262 e. The van der Waals surface area contributed by atoms with Gasteiger partial charge in [0.25, 0.3) is 11.8 Å². The second kappa shape index (κ2) is 18.5. The maximum atomic E-state index is 13.6. The average Bonchev–Trinajstić information content (AvgIpc) is 3.82. The first-order chi connectivity index (χ1) is 33.0. The second-order valence-corrected chi connectivity index (χ2v) is 18.7. The van der Waals surface area contributed by atoms with E-state index in [1.54, 1.807) is 19.4 Å². The highest BCUT2D eigenvalue weighted by molar-refractivity contribution is 6.23. The Labute approximate surface area is 395 Å². The number of likely N-dealkylation sites (N-methyl/N-ethyl adjacent to an activating group) is 1. The van der Waals surface area contributed by atoms with E-state index in [4.69, 9.17) is 9.72 Å². The summed E-state index contributed by atoms with van der Waals surface area (Å²) in [6, 6.07) is 19.1. The van der Waals surface area contributed by atoms with E-state index in [1.807, 2.05) is 56.6 Å². The fraction of sp³-hybridized carbons (Fsp3) is 0.392. The van der Waals surface area contributed by atoms with E-state index in [1.165, 1.54) is 6.08 Å². The standard InChI is InChI=1S/C51H57N11O6/c1-5-46(63)53-40-25-41(55-51-52-19-16-39(54-51)38-30-58(3)42-9-7-6-8-35(38)42)45(68-4)26-44(40)57(2)22-23-59-20-17-31(18-21-59)27-60-28-34-11-10-33(60)29-61(34)32-12-13-36-37(24-32)50(67)62(49(36)66)43-14-15-47(64)56-48(43)65/h5-9,12-13,16,19,24-26,30-31,33-34,43H,1,10-11,14-15,17-18,20-23,27-29H2,2-4H3,(H,53,63)(H,52,54,55)(H,56,64,65). The molecule has 0 saturated carbocycles. The van der Waals surface area contributed by atoms with Crippen molar-refractivity contribution in [3.63, 3.8) is 0 Å². The topological polar surface area (TPSA) is 178 Å². The maximum absolute atomic E-state index is 13.6. The summed E-state index contributed by atoms with van der Waals surface area (Å²) in [6.07, 6.45) is 9.71. The van der Waals surface area contributed by atoms with E-state index < -0.39 is 23.8 Å². The molecule has 0 radical (unpaired) electrons. The molecular weight excluding hydrogens is 863 g/mol. The molecule has 2 bridgehead atoms. The van der Waals surface area contributed by atoms with Crippen LogP contribution in [0.25, 0.3) is 22.2 Å². The Bertz CT molecular complexity index is 2840. The molecule has 11 rings (SSSR count). The minimum atomic E-state index is -0.978. The van der Waals surface area contributed by atoms with E-state index >= 15 is 0 Å². The van der Waals surface area contributed by atoms with Gasteiger partial charge in [-0.1, -0.05) is 24.8 Å². The summed E-state index contributed by atoms with van der Waals surface area (Å²) in [6.45, 7) is 10.2. The number of piperidine rings is 4. The van der Waals surface area contributed by atoms with Crippen molar-refractivity contribution in [2.75, 3.05) is 80.4 Å². The van der Waals surface area contributed by atoms with Gasteiger partial charge < -0.3 is 34.6 Å². The number of ether oxygens (including phenoxy) is 1. The molecular formula is C51H57N11O6. The molecule has 8 heterocycles. The SMILES string of the molecule is C=CC(=O)Nc1cc(Nc2nccc(-c3cn(C)c4ccccc34)n2)c(OC)cc1N(C)CCN1CCC(CN2CC3CCC2CN3c2ccc3c(c2)C(=O)N(C2CCC(=O)NC2=O)C3=O)CC1. The van der Waals surface area contributed by atoms with E-state index in [0.717, 1.165) is 110 Å². The van der Waals surface area contributed by atoms with Crippen LogP contribution in [-0.2, 0) is 21.4 Å². The van der Waals surface area contributed by atoms with Crippen molar-refractivity contribution in [1.29, 1.82) is 0 Å². The number of methoxy groups -OCH3 is 1. The number of aryl methyl sites for hydroxylation is 1. The lowest BCUT2D eigenvalue weighted by Gasteiger charge is -2.53. The molecule has 17 heteroatoms. The van der Waals surface area contributed by atoms with Crippen LogP contribution in [0.5, 0.6) is 5.75 Å². The molecule has 352 valence electrons. The molecule has 17 nitrogen and oxygen atoms in total. The van der Waals surface area contributed by atoms with Gasteiger partial charge in [-0.15, -0.1) is 0 Å². The summed E-state index contributed by atoms with van der Waals surface area (Å²) >= 11 is 0. The Morgan fingerprint density at radius 3 is 2.49 bits per heavy atom. The van der Waals surface area contributed by atoms with Gasteiger partial charge in [0.2, 0.25) is 23.7 Å². The predicted octanol–water partition coefficient (Wildman–Crippen LogP) is 5.41. The number of imide groups is 2. The Balaban J connectivity index is 0.741. The van der Waals surface area contributed by atoms with Gasteiger partial charge in [0.05, 0.1) is 41.0 Å². The van der Waals surface area contributed by atoms with Gasteiger partial charge in [-0.25, -0.2) is 9.97 Å². The number of likely N-dealkylation sites (tertiary alicyclic amines) is 1. The minimum absolute atomic E-state index is 0.0911. The zero-order valence-corrected chi connectivity index (χ0v) is 38.7. The molecule has 3 unspecified atom stereocenters. The Hall–Kier alpha value is -7.11. The first-order valence-electron chi connectivity index (χ1n) is 23.6. The number of anilines is 5.